The lowest BCUT2D eigenvalue weighted by molar-refractivity contribution is 0.384. The lowest BCUT2D eigenvalue weighted by Gasteiger charge is -2.14. The molecule has 1 N–H and O–H groups in total. The summed E-state index contributed by atoms with van der Waals surface area (Å²) in [7, 11) is 0. The minimum atomic E-state index is -0.204. The molecule has 1 heterocycles. The van der Waals surface area contributed by atoms with Crippen molar-refractivity contribution in [3.63, 3.8) is 0 Å². The van der Waals surface area contributed by atoms with E-state index in [1.54, 1.807) is 6.92 Å². The number of hydrogen-bond acceptors (Lipinski definition) is 5. The third kappa shape index (κ3) is 5.45. The number of aryl methyl sites for hydroxylation is 1. The molecule has 0 aliphatic heterocycles. The predicted molar refractivity (Wildman–Crippen MR) is 64.0 cm³/mol. The smallest absolute Gasteiger partial charge is 0.223 e. The Morgan fingerprint density at radius 2 is 2.18 bits per heavy atom. The van der Waals surface area contributed by atoms with Gasteiger partial charge in [-0.05, 0) is 33.2 Å². The molecule has 0 bridgehead atoms. The first kappa shape index (κ1) is 13.7. The van der Waals surface area contributed by atoms with Crippen molar-refractivity contribution in [3.8, 4) is 6.07 Å². The van der Waals surface area contributed by atoms with E-state index in [2.05, 4.69) is 21.5 Å². The quantitative estimate of drug-likeness (QED) is 0.734. The molecule has 5 heteroatoms. The van der Waals surface area contributed by atoms with Crippen LogP contribution in [0.4, 0.5) is 0 Å². The van der Waals surface area contributed by atoms with Crippen LogP contribution < -0.4 is 5.32 Å². The summed E-state index contributed by atoms with van der Waals surface area (Å²) in [5.41, 5.74) is -0.204. The van der Waals surface area contributed by atoms with Crippen molar-refractivity contribution in [1.29, 1.82) is 5.26 Å². The van der Waals surface area contributed by atoms with Crippen LogP contribution >= 0.6 is 0 Å². The molecule has 0 radical (unpaired) electrons. The standard InChI is InChI=1S/C12H20N4O/c1-10-15-11(16-17-10)8-14-7-5-4-6-12(2,3)9-13/h14H,4-8H2,1-3H3. The van der Waals surface area contributed by atoms with Crippen molar-refractivity contribution in [1.82, 2.24) is 15.5 Å². The number of nitriles is 1. The fourth-order valence-electron chi connectivity index (χ4n) is 1.49. The first-order valence-electron chi connectivity index (χ1n) is 5.95. The van der Waals surface area contributed by atoms with Crippen LogP contribution in [0.1, 0.15) is 44.8 Å². The summed E-state index contributed by atoms with van der Waals surface area (Å²) >= 11 is 0. The van der Waals surface area contributed by atoms with Gasteiger partial charge in [0.2, 0.25) is 5.89 Å². The number of nitrogens with one attached hydrogen (secondary N) is 1. The summed E-state index contributed by atoms with van der Waals surface area (Å²) in [6, 6.07) is 2.31. The Labute approximate surface area is 102 Å². The van der Waals surface area contributed by atoms with E-state index in [1.807, 2.05) is 13.8 Å². The lowest BCUT2D eigenvalue weighted by atomic mass is 9.89. The monoisotopic (exact) mass is 236 g/mol. The van der Waals surface area contributed by atoms with E-state index in [4.69, 9.17) is 9.78 Å². The first-order valence-corrected chi connectivity index (χ1v) is 5.95. The first-order chi connectivity index (χ1) is 8.03. The van der Waals surface area contributed by atoms with Crippen LogP contribution in [0.25, 0.3) is 0 Å². The molecule has 0 amide bonds. The molecule has 0 fully saturated rings. The molecule has 0 unspecified atom stereocenters. The predicted octanol–water partition coefficient (Wildman–Crippen LogP) is 2.19. The summed E-state index contributed by atoms with van der Waals surface area (Å²) < 4.78 is 4.86. The summed E-state index contributed by atoms with van der Waals surface area (Å²) in [6.45, 7) is 7.28. The minimum Gasteiger partial charge on any atom is -0.340 e. The third-order valence-corrected chi connectivity index (χ3v) is 2.56. The second-order valence-electron chi connectivity index (χ2n) is 4.86. The van der Waals surface area contributed by atoms with E-state index in [0.717, 1.165) is 25.8 Å². The molecule has 0 aliphatic rings. The van der Waals surface area contributed by atoms with Crippen molar-refractivity contribution in [2.45, 2.75) is 46.6 Å². The summed E-state index contributed by atoms with van der Waals surface area (Å²) in [4.78, 5) is 4.10. The van der Waals surface area contributed by atoms with E-state index in [1.165, 1.54) is 0 Å². The average molecular weight is 236 g/mol. The Morgan fingerprint density at radius 1 is 1.41 bits per heavy atom. The topological polar surface area (TPSA) is 74.7 Å². The molecule has 94 valence electrons. The van der Waals surface area contributed by atoms with Gasteiger partial charge in [0.25, 0.3) is 0 Å². The molecule has 0 spiro atoms. The summed E-state index contributed by atoms with van der Waals surface area (Å²) in [5.74, 6) is 1.29. The van der Waals surface area contributed by atoms with Crippen LogP contribution in [0.15, 0.2) is 4.52 Å². The molecule has 0 aromatic carbocycles. The fraction of sp³-hybridized carbons (Fsp3) is 0.750. The molecule has 1 rings (SSSR count). The molecule has 0 saturated carbocycles. The van der Waals surface area contributed by atoms with E-state index in [0.29, 0.717) is 18.3 Å². The largest absolute Gasteiger partial charge is 0.340 e. The number of unbranched alkanes of at least 4 members (excludes halogenated alkanes) is 1. The number of hydrogen-bond donors (Lipinski definition) is 1. The van der Waals surface area contributed by atoms with Gasteiger partial charge in [-0.25, -0.2) is 0 Å². The zero-order valence-electron chi connectivity index (χ0n) is 10.8. The maximum Gasteiger partial charge on any atom is 0.223 e. The van der Waals surface area contributed by atoms with Crippen molar-refractivity contribution in [2.24, 2.45) is 5.41 Å². The highest BCUT2D eigenvalue weighted by molar-refractivity contribution is 4.91. The Kier molecular flexibility index (Phi) is 5.11. The fourth-order valence-corrected chi connectivity index (χ4v) is 1.49. The highest BCUT2D eigenvalue weighted by Gasteiger charge is 2.15. The van der Waals surface area contributed by atoms with Crippen LogP contribution in [0.2, 0.25) is 0 Å². The second-order valence-corrected chi connectivity index (χ2v) is 4.86. The zero-order valence-corrected chi connectivity index (χ0v) is 10.8. The van der Waals surface area contributed by atoms with Gasteiger partial charge in [-0.1, -0.05) is 11.6 Å². The molecular formula is C12H20N4O. The molecule has 0 aliphatic carbocycles. The highest BCUT2D eigenvalue weighted by atomic mass is 16.5. The molecule has 5 nitrogen and oxygen atoms in total. The Hall–Kier alpha value is -1.41. The normalized spacial score (nSPS) is 11.4. The SMILES string of the molecule is Cc1nc(CNCCCCC(C)(C)C#N)no1. The van der Waals surface area contributed by atoms with E-state index in [-0.39, 0.29) is 5.41 Å². The van der Waals surface area contributed by atoms with Crippen molar-refractivity contribution in [3.05, 3.63) is 11.7 Å². The van der Waals surface area contributed by atoms with Crippen molar-refractivity contribution >= 4 is 0 Å². The summed E-state index contributed by atoms with van der Waals surface area (Å²) in [5, 5.41) is 15.9. The average Bonchev–Trinajstić information content (AvgIpc) is 2.69. The van der Waals surface area contributed by atoms with E-state index < -0.39 is 0 Å². The number of nitrogens with zero attached hydrogens (tertiary/aromatic N) is 3. The maximum absolute atomic E-state index is 8.86. The van der Waals surface area contributed by atoms with Crippen LogP contribution in [0.5, 0.6) is 0 Å². The van der Waals surface area contributed by atoms with Gasteiger partial charge in [0.15, 0.2) is 5.82 Å². The number of rotatable bonds is 7. The van der Waals surface area contributed by atoms with Gasteiger partial charge in [0.05, 0.1) is 18.0 Å². The van der Waals surface area contributed by atoms with Gasteiger partial charge in [0.1, 0.15) is 0 Å². The van der Waals surface area contributed by atoms with Gasteiger partial charge in [-0.2, -0.15) is 10.2 Å². The summed E-state index contributed by atoms with van der Waals surface area (Å²) in [6.07, 6.45) is 3.05. The van der Waals surface area contributed by atoms with Crippen molar-refractivity contribution in [2.75, 3.05) is 6.54 Å². The van der Waals surface area contributed by atoms with Gasteiger partial charge in [-0.3, -0.25) is 0 Å². The molecule has 1 aromatic rings. The van der Waals surface area contributed by atoms with Crippen LogP contribution in [-0.4, -0.2) is 16.7 Å². The number of aromatic nitrogens is 2. The highest BCUT2D eigenvalue weighted by Crippen LogP contribution is 2.21. The molecular weight excluding hydrogens is 216 g/mol. The van der Waals surface area contributed by atoms with Gasteiger partial charge in [-0.15, -0.1) is 0 Å². The van der Waals surface area contributed by atoms with Crippen molar-refractivity contribution < 1.29 is 4.52 Å². The van der Waals surface area contributed by atoms with Gasteiger partial charge < -0.3 is 9.84 Å². The molecule has 1 aromatic heterocycles. The molecule has 0 saturated heterocycles. The zero-order chi connectivity index (χ0) is 12.7. The minimum absolute atomic E-state index is 0.204. The third-order valence-electron chi connectivity index (χ3n) is 2.56. The van der Waals surface area contributed by atoms with Gasteiger partial charge in [0, 0.05) is 6.92 Å². The van der Waals surface area contributed by atoms with E-state index >= 15 is 0 Å². The Bertz CT molecular complexity index is 378. The Morgan fingerprint density at radius 3 is 2.76 bits per heavy atom. The molecule has 0 atom stereocenters. The van der Waals surface area contributed by atoms with Crippen LogP contribution in [0, 0.1) is 23.7 Å². The van der Waals surface area contributed by atoms with E-state index in [9.17, 15) is 0 Å². The van der Waals surface area contributed by atoms with Crippen LogP contribution in [0.3, 0.4) is 0 Å². The molecule has 17 heavy (non-hydrogen) atoms. The Balaban J connectivity index is 2.04. The van der Waals surface area contributed by atoms with Gasteiger partial charge >= 0.3 is 0 Å². The maximum atomic E-state index is 8.86. The van der Waals surface area contributed by atoms with Crippen LogP contribution in [-0.2, 0) is 6.54 Å². The lowest BCUT2D eigenvalue weighted by Crippen LogP contribution is -2.16. The second kappa shape index (κ2) is 6.36.